The van der Waals surface area contributed by atoms with E-state index in [-0.39, 0.29) is 17.4 Å². The Morgan fingerprint density at radius 1 is 1.15 bits per heavy atom. The summed E-state index contributed by atoms with van der Waals surface area (Å²) < 4.78 is 27.4. The second-order valence-electron chi connectivity index (χ2n) is 5.24. The maximum Gasteiger partial charge on any atom is 0.237 e. The van der Waals surface area contributed by atoms with Gasteiger partial charge in [-0.3, -0.25) is 4.79 Å². The van der Waals surface area contributed by atoms with E-state index < -0.39 is 11.1 Å². The summed E-state index contributed by atoms with van der Waals surface area (Å²) in [4.78, 5) is 12.2. The number of anilines is 3. The first kappa shape index (κ1) is 18.3. The molecule has 2 N–H and O–H groups in total. The number of carbonyl (C=O) groups is 1. The van der Waals surface area contributed by atoms with Crippen molar-refractivity contribution in [3.8, 4) is 0 Å². The maximum atomic E-state index is 13.6. The van der Waals surface area contributed by atoms with E-state index >= 15 is 0 Å². The Bertz CT molecular complexity index is 919. The van der Waals surface area contributed by atoms with Crippen molar-refractivity contribution >= 4 is 45.5 Å². The van der Waals surface area contributed by atoms with Crippen LogP contribution < -0.4 is 10.6 Å². The molecule has 9 heteroatoms. The SMILES string of the molecule is CC(Sc1nnc(Nc2cccc(F)c2)s1)C(=O)Nc1ccccc1F. The first-order chi connectivity index (χ1) is 12.5. The molecule has 0 aliphatic rings. The minimum atomic E-state index is -0.496. The number of amides is 1. The van der Waals surface area contributed by atoms with Crippen LogP contribution in [0.3, 0.4) is 0 Å². The van der Waals surface area contributed by atoms with Crippen LogP contribution in [0.25, 0.3) is 0 Å². The van der Waals surface area contributed by atoms with Gasteiger partial charge in [0.25, 0.3) is 0 Å². The smallest absolute Gasteiger partial charge is 0.237 e. The lowest BCUT2D eigenvalue weighted by atomic mass is 10.3. The van der Waals surface area contributed by atoms with Crippen molar-refractivity contribution < 1.29 is 13.6 Å². The van der Waals surface area contributed by atoms with Crippen LogP contribution >= 0.6 is 23.1 Å². The van der Waals surface area contributed by atoms with Crippen molar-refractivity contribution in [1.82, 2.24) is 10.2 Å². The first-order valence-electron chi connectivity index (χ1n) is 7.59. The molecule has 26 heavy (non-hydrogen) atoms. The number of hydrogen-bond acceptors (Lipinski definition) is 6. The molecule has 1 aromatic heterocycles. The number of hydrogen-bond donors (Lipinski definition) is 2. The third-order valence-electron chi connectivity index (χ3n) is 3.26. The molecule has 1 unspecified atom stereocenters. The third-order valence-corrected chi connectivity index (χ3v) is 5.28. The Hall–Kier alpha value is -2.52. The minimum Gasteiger partial charge on any atom is -0.330 e. The molecular formula is C17H14F2N4OS2. The van der Waals surface area contributed by atoms with Crippen molar-refractivity contribution in [3.63, 3.8) is 0 Å². The second kappa shape index (κ2) is 8.24. The molecule has 0 fully saturated rings. The molecule has 0 saturated carbocycles. The van der Waals surface area contributed by atoms with E-state index in [0.717, 1.165) is 0 Å². The van der Waals surface area contributed by atoms with Gasteiger partial charge in [0.15, 0.2) is 4.34 Å². The number of benzene rings is 2. The Balaban J connectivity index is 1.59. The molecule has 1 heterocycles. The lowest BCUT2D eigenvalue weighted by Gasteiger charge is -2.10. The molecule has 1 amide bonds. The van der Waals surface area contributed by atoms with Crippen LogP contribution in [0.1, 0.15) is 6.92 Å². The first-order valence-corrected chi connectivity index (χ1v) is 9.29. The van der Waals surface area contributed by atoms with Crippen molar-refractivity contribution in [1.29, 1.82) is 0 Å². The molecule has 1 atom stereocenters. The predicted octanol–water partition coefficient (Wildman–Crippen LogP) is 4.68. The van der Waals surface area contributed by atoms with E-state index in [2.05, 4.69) is 20.8 Å². The zero-order chi connectivity index (χ0) is 18.5. The van der Waals surface area contributed by atoms with Gasteiger partial charge >= 0.3 is 0 Å². The van der Waals surface area contributed by atoms with E-state index in [9.17, 15) is 13.6 Å². The number of nitrogens with zero attached hydrogens (tertiary/aromatic N) is 2. The highest BCUT2D eigenvalue weighted by molar-refractivity contribution is 8.02. The fourth-order valence-electron chi connectivity index (χ4n) is 2.00. The number of thioether (sulfide) groups is 1. The van der Waals surface area contributed by atoms with Crippen LogP contribution in [0.5, 0.6) is 0 Å². The van der Waals surface area contributed by atoms with E-state index in [1.165, 1.54) is 47.4 Å². The van der Waals surface area contributed by atoms with Gasteiger partial charge in [0.05, 0.1) is 10.9 Å². The van der Waals surface area contributed by atoms with Crippen LogP contribution in [0.15, 0.2) is 52.9 Å². The molecule has 2 aromatic carbocycles. The van der Waals surface area contributed by atoms with Gasteiger partial charge in [0, 0.05) is 5.69 Å². The number of halogens is 2. The second-order valence-corrected chi connectivity index (χ2v) is 7.80. The summed E-state index contributed by atoms with van der Waals surface area (Å²) in [5, 5.41) is 13.5. The summed E-state index contributed by atoms with van der Waals surface area (Å²) >= 11 is 2.45. The minimum absolute atomic E-state index is 0.135. The average Bonchev–Trinajstić information content (AvgIpc) is 3.03. The largest absolute Gasteiger partial charge is 0.330 e. The highest BCUT2D eigenvalue weighted by Crippen LogP contribution is 2.31. The van der Waals surface area contributed by atoms with Crippen LogP contribution in [-0.4, -0.2) is 21.4 Å². The third kappa shape index (κ3) is 4.77. The summed E-state index contributed by atoms with van der Waals surface area (Å²) in [6.07, 6.45) is 0. The van der Waals surface area contributed by atoms with Crippen molar-refractivity contribution in [3.05, 3.63) is 60.2 Å². The molecule has 0 aliphatic heterocycles. The zero-order valence-electron chi connectivity index (χ0n) is 13.6. The van der Waals surface area contributed by atoms with Crippen LogP contribution in [-0.2, 0) is 4.79 Å². The number of para-hydroxylation sites is 1. The maximum absolute atomic E-state index is 13.6. The van der Waals surface area contributed by atoms with Gasteiger partial charge in [-0.15, -0.1) is 10.2 Å². The fraction of sp³-hybridized carbons (Fsp3) is 0.118. The van der Waals surface area contributed by atoms with Gasteiger partial charge in [0.2, 0.25) is 11.0 Å². The average molecular weight is 392 g/mol. The fourth-order valence-corrected chi connectivity index (χ4v) is 3.92. The Kier molecular flexibility index (Phi) is 5.79. The summed E-state index contributed by atoms with van der Waals surface area (Å²) in [6.45, 7) is 1.70. The summed E-state index contributed by atoms with van der Waals surface area (Å²) in [5.41, 5.74) is 0.693. The Labute approximate surface area is 156 Å². The van der Waals surface area contributed by atoms with Gasteiger partial charge in [-0.25, -0.2) is 8.78 Å². The van der Waals surface area contributed by atoms with Gasteiger partial charge in [0.1, 0.15) is 11.6 Å². The molecule has 0 bridgehead atoms. The van der Waals surface area contributed by atoms with Crippen molar-refractivity contribution in [2.24, 2.45) is 0 Å². The zero-order valence-corrected chi connectivity index (χ0v) is 15.2. The van der Waals surface area contributed by atoms with E-state index in [1.807, 2.05) is 0 Å². The van der Waals surface area contributed by atoms with Gasteiger partial charge in [-0.1, -0.05) is 41.3 Å². The molecule has 0 saturated heterocycles. The molecule has 5 nitrogen and oxygen atoms in total. The number of rotatable bonds is 6. The molecule has 0 aliphatic carbocycles. The van der Waals surface area contributed by atoms with Crippen molar-refractivity contribution in [2.45, 2.75) is 16.5 Å². The lowest BCUT2D eigenvalue weighted by Crippen LogP contribution is -2.22. The number of carbonyl (C=O) groups excluding carboxylic acids is 1. The number of nitrogens with one attached hydrogen (secondary N) is 2. The normalized spacial score (nSPS) is 11.8. The summed E-state index contributed by atoms with van der Waals surface area (Å²) in [6, 6.07) is 12.0. The van der Waals surface area contributed by atoms with Crippen molar-refractivity contribution in [2.75, 3.05) is 10.6 Å². The summed E-state index contributed by atoms with van der Waals surface area (Å²) in [7, 11) is 0. The van der Waals surface area contributed by atoms with E-state index in [0.29, 0.717) is 15.2 Å². The molecule has 134 valence electrons. The molecular weight excluding hydrogens is 378 g/mol. The quantitative estimate of drug-likeness (QED) is 0.596. The lowest BCUT2D eigenvalue weighted by molar-refractivity contribution is -0.115. The van der Waals surface area contributed by atoms with Crippen LogP contribution in [0.4, 0.5) is 25.3 Å². The summed E-state index contributed by atoms with van der Waals surface area (Å²) in [5.74, 6) is -1.18. The molecule has 3 rings (SSSR count). The monoisotopic (exact) mass is 392 g/mol. The van der Waals surface area contributed by atoms with E-state index in [1.54, 1.807) is 31.2 Å². The van der Waals surface area contributed by atoms with Crippen LogP contribution in [0, 0.1) is 11.6 Å². The van der Waals surface area contributed by atoms with Gasteiger partial charge < -0.3 is 10.6 Å². The molecule has 0 spiro atoms. The van der Waals surface area contributed by atoms with Crippen LogP contribution in [0.2, 0.25) is 0 Å². The molecule has 0 radical (unpaired) electrons. The molecule has 3 aromatic rings. The topological polar surface area (TPSA) is 66.9 Å². The Morgan fingerprint density at radius 2 is 1.96 bits per heavy atom. The van der Waals surface area contributed by atoms with E-state index in [4.69, 9.17) is 0 Å². The highest BCUT2D eigenvalue weighted by Gasteiger charge is 2.18. The highest BCUT2D eigenvalue weighted by atomic mass is 32.2. The Morgan fingerprint density at radius 3 is 2.73 bits per heavy atom. The number of aromatic nitrogens is 2. The predicted molar refractivity (Wildman–Crippen MR) is 99.9 cm³/mol. The van der Waals surface area contributed by atoms with Gasteiger partial charge in [-0.2, -0.15) is 0 Å². The standard InChI is InChI=1S/C17H14F2N4OS2/c1-10(15(24)21-14-8-3-2-7-13(14)19)25-17-23-22-16(26-17)20-12-6-4-5-11(18)9-12/h2-10H,1H3,(H,20,22)(H,21,24). The van der Waals surface area contributed by atoms with Gasteiger partial charge in [-0.05, 0) is 37.3 Å².